The van der Waals surface area contributed by atoms with E-state index in [0.717, 1.165) is 10.7 Å². The van der Waals surface area contributed by atoms with Crippen LogP contribution in [0, 0.1) is 21.4 Å². The van der Waals surface area contributed by atoms with Crippen molar-refractivity contribution < 1.29 is 33.5 Å². The third-order valence-corrected chi connectivity index (χ3v) is 6.34. The summed E-state index contributed by atoms with van der Waals surface area (Å²) in [7, 11) is 6.92. The first-order valence-electron chi connectivity index (χ1n) is 8.87. The molecule has 1 amide bonds. The number of amides is 1. The summed E-state index contributed by atoms with van der Waals surface area (Å²) in [6.45, 7) is 1.06. The molecular weight excluding hydrogens is 450 g/mol. The Labute approximate surface area is 187 Å². The second-order valence-electron chi connectivity index (χ2n) is 5.73. The Bertz CT molecular complexity index is 831. The lowest BCUT2D eigenvalue weighted by Crippen LogP contribution is -2.45. The number of carbonyl (C=O) groups excluding carboxylic acids is 2. The second kappa shape index (κ2) is 13.5. The highest BCUT2D eigenvalue weighted by Crippen LogP contribution is 2.35. The van der Waals surface area contributed by atoms with Gasteiger partial charge in [-0.15, -0.1) is 0 Å². The first-order valence-corrected chi connectivity index (χ1v) is 11.4. The highest BCUT2D eigenvalue weighted by Gasteiger charge is 2.30. The minimum absolute atomic E-state index is 0.0870. The Hall–Kier alpha value is -2.85. The number of hydrogen-bond acceptors (Lipinski definition) is 11. The predicted molar refractivity (Wildman–Crippen MR) is 115 cm³/mol. The van der Waals surface area contributed by atoms with E-state index in [9.17, 15) is 19.7 Å². The van der Waals surface area contributed by atoms with Crippen molar-refractivity contribution in [2.24, 2.45) is 0 Å². The number of nitro groups is 1. The van der Waals surface area contributed by atoms with Crippen molar-refractivity contribution in [3.63, 3.8) is 0 Å². The summed E-state index contributed by atoms with van der Waals surface area (Å²) in [5.41, 5.74) is -0.225. The quantitative estimate of drug-likeness (QED) is 0.145. The number of esters is 1. The molecule has 0 fully saturated rings. The summed E-state index contributed by atoms with van der Waals surface area (Å²) in [5.74, 6) is 0.653. The summed E-state index contributed by atoms with van der Waals surface area (Å²) in [6.07, 6.45) is -0.884. The van der Waals surface area contributed by atoms with Gasteiger partial charge in [0.2, 0.25) is 0 Å². The Balaban J connectivity index is 2.98. The molecule has 0 unspecified atom stereocenters. The van der Waals surface area contributed by atoms with Gasteiger partial charge in [0.15, 0.2) is 18.1 Å². The number of nitriles is 1. The smallest absolute Gasteiger partial charge is 0.410 e. The summed E-state index contributed by atoms with van der Waals surface area (Å²) < 4.78 is 20.2. The Kier molecular flexibility index (Phi) is 11.4. The van der Waals surface area contributed by atoms with Gasteiger partial charge in [-0.1, -0.05) is 28.5 Å². The first-order chi connectivity index (χ1) is 14.8. The van der Waals surface area contributed by atoms with Crippen molar-refractivity contribution in [3.8, 4) is 17.6 Å². The largest absolute Gasteiger partial charge is 0.493 e. The topological polar surface area (TPSA) is 141 Å². The molecule has 0 spiro atoms. The minimum atomic E-state index is -0.995. The van der Waals surface area contributed by atoms with E-state index in [1.54, 1.807) is 6.07 Å². The van der Waals surface area contributed by atoms with Crippen molar-refractivity contribution in [3.05, 3.63) is 27.8 Å². The van der Waals surface area contributed by atoms with Crippen LogP contribution in [0.5, 0.6) is 11.5 Å². The molecule has 1 aromatic rings. The highest BCUT2D eigenvalue weighted by atomic mass is 33.1. The van der Waals surface area contributed by atoms with Crippen molar-refractivity contribution in [2.75, 3.05) is 39.4 Å². The first kappa shape index (κ1) is 26.2. The van der Waals surface area contributed by atoms with Gasteiger partial charge in [0, 0.05) is 18.6 Å². The average Bonchev–Trinajstić information content (AvgIpc) is 2.77. The number of methoxy groups -OCH3 is 2. The van der Waals surface area contributed by atoms with Gasteiger partial charge in [-0.05, 0) is 6.07 Å². The number of likely N-dealkylation sites (N-methyl/N-ethyl adjacent to an activating group) is 1. The van der Waals surface area contributed by atoms with Crippen molar-refractivity contribution in [1.82, 2.24) is 4.90 Å². The zero-order valence-corrected chi connectivity index (χ0v) is 19.1. The monoisotopic (exact) mass is 473 g/mol. The normalized spacial score (nSPS) is 11.1. The zero-order valence-electron chi connectivity index (χ0n) is 17.5. The van der Waals surface area contributed by atoms with Gasteiger partial charge in [-0.2, -0.15) is 5.26 Å². The molecule has 0 bridgehead atoms. The number of benzene rings is 1. The van der Waals surface area contributed by atoms with E-state index in [1.807, 2.05) is 6.92 Å². The van der Waals surface area contributed by atoms with E-state index in [0.29, 0.717) is 0 Å². The molecule has 0 radical (unpaired) electrons. The second-order valence-corrected chi connectivity index (χ2v) is 8.53. The number of nitrogens with zero attached hydrogens (tertiary/aromatic N) is 3. The van der Waals surface area contributed by atoms with Crippen LogP contribution in [0.15, 0.2) is 12.1 Å². The maximum absolute atomic E-state index is 12.5. The molecule has 13 heteroatoms. The molecule has 0 aliphatic rings. The Morgan fingerprint density at radius 3 is 2.42 bits per heavy atom. The third kappa shape index (κ3) is 7.72. The van der Waals surface area contributed by atoms with E-state index in [1.165, 1.54) is 55.0 Å². The number of ether oxygens (including phenoxy) is 4. The fraction of sp³-hybridized carbons (Fsp3) is 0.500. The van der Waals surface area contributed by atoms with E-state index < -0.39 is 36.2 Å². The molecule has 0 aliphatic carbocycles. The van der Waals surface area contributed by atoms with Gasteiger partial charge in [-0.25, -0.2) is 9.59 Å². The SMILES string of the molecule is CCSSC[C@@H](C(=O)OCC#N)N(C)C(=O)OCc1cc(OC)c(OC)cc1[N+](=O)[O-]. The van der Waals surface area contributed by atoms with E-state index in [4.69, 9.17) is 24.2 Å². The van der Waals surface area contributed by atoms with Crippen molar-refractivity contribution in [1.29, 1.82) is 5.26 Å². The predicted octanol–water partition coefficient (Wildman–Crippen LogP) is 3.02. The van der Waals surface area contributed by atoms with E-state index in [2.05, 4.69) is 0 Å². The van der Waals surface area contributed by atoms with Crippen LogP contribution in [0.2, 0.25) is 0 Å². The molecule has 0 N–H and O–H groups in total. The lowest BCUT2D eigenvalue weighted by molar-refractivity contribution is -0.385. The van der Waals surface area contributed by atoms with Gasteiger partial charge in [0.05, 0.1) is 30.8 Å². The van der Waals surface area contributed by atoms with Crippen LogP contribution in [0.25, 0.3) is 0 Å². The molecule has 1 atom stereocenters. The fourth-order valence-corrected chi connectivity index (χ4v) is 4.22. The minimum Gasteiger partial charge on any atom is -0.493 e. The molecule has 31 heavy (non-hydrogen) atoms. The molecule has 0 saturated carbocycles. The van der Waals surface area contributed by atoms with Crippen LogP contribution in [0.3, 0.4) is 0 Å². The van der Waals surface area contributed by atoms with Crippen LogP contribution in [-0.2, 0) is 20.9 Å². The molecule has 0 heterocycles. The average molecular weight is 474 g/mol. The van der Waals surface area contributed by atoms with Gasteiger partial charge in [-0.3, -0.25) is 15.0 Å². The number of rotatable bonds is 12. The highest BCUT2D eigenvalue weighted by molar-refractivity contribution is 8.76. The molecular formula is C18H23N3O8S2. The summed E-state index contributed by atoms with van der Waals surface area (Å²) in [4.78, 5) is 36.6. The van der Waals surface area contributed by atoms with Crippen LogP contribution in [0.1, 0.15) is 12.5 Å². The maximum Gasteiger partial charge on any atom is 0.410 e. The van der Waals surface area contributed by atoms with Crippen LogP contribution >= 0.6 is 21.6 Å². The van der Waals surface area contributed by atoms with Gasteiger partial charge in [0.1, 0.15) is 18.7 Å². The lowest BCUT2D eigenvalue weighted by Gasteiger charge is -2.25. The molecule has 1 aromatic carbocycles. The van der Waals surface area contributed by atoms with Crippen molar-refractivity contribution >= 4 is 39.3 Å². The van der Waals surface area contributed by atoms with Gasteiger partial charge < -0.3 is 18.9 Å². The fourth-order valence-electron chi connectivity index (χ4n) is 2.30. The summed E-state index contributed by atoms with van der Waals surface area (Å²) in [5, 5.41) is 20.0. The standard InChI is InChI=1S/C18H23N3O8S2/c1-5-30-31-11-14(17(22)28-7-6-19)20(2)18(23)29-10-12-8-15(26-3)16(27-4)9-13(12)21(24)25/h8-9,14H,5,7,10-11H2,1-4H3/t14-/m0/s1. The van der Waals surface area contributed by atoms with Crippen LogP contribution < -0.4 is 9.47 Å². The zero-order chi connectivity index (χ0) is 23.4. The van der Waals surface area contributed by atoms with Crippen LogP contribution in [-0.4, -0.2) is 67.3 Å². The third-order valence-electron chi connectivity index (χ3n) is 3.87. The van der Waals surface area contributed by atoms with E-state index in [-0.39, 0.29) is 28.5 Å². The Morgan fingerprint density at radius 2 is 1.87 bits per heavy atom. The molecule has 0 aromatic heterocycles. The summed E-state index contributed by atoms with van der Waals surface area (Å²) in [6, 6.07) is 3.22. The number of hydrogen-bond donors (Lipinski definition) is 0. The molecule has 170 valence electrons. The Morgan fingerprint density at radius 1 is 1.23 bits per heavy atom. The van der Waals surface area contributed by atoms with E-state index >= 15 is 0 Å². The molecule has 1 rings (SSSR count). The molecule has 0 saturated heterocycles. The molecule has 0 aliphatic heterocycles. The van der Waals surface area contributed by atoms with Gasteiger partial charge in [0.25, 0.3) is 5.69 Å². The molecule has 11 nitrogen and oxygen atoms in total. The summed E-state index contributed by atoms with van der Waals surface area (Å²) >= 11 is 0. The number of nitro benzene ring substituents is 1. The maximum atomic E-state index is 12.5. The van der Waals surface area contributed by atoms with Crippen molar-refractivity contribution in [2.45, 2.75) is 19.6 Å². The number of carbonyl (C=O) groups is 2. The van der Waals surface area contributed by atoms with Crippen LogP contribution in [0.4, 0.5) is 10.5 Å². The van der Waals surface area contributed by atoms with Gasteiger partial charge >= 0.3 is 12.1 Å². The lowest BCUT2D eigenvalue weighted by atomic mass is 10.1.